The van der Waals surface area contributed by atoms with Crippen LogP contribution >= 0.6 is 11.6 Å². The molecule has 1 N–H and O–H groups in total. The smallest absolute Gasteiger partial charge is 0.255 e. The number of hydrogen-bond donors (Lipinski definition) is 1. The number of halogens is 2. The predicted octanol–water partition coefficient (Wildman–Crippen LogP) is 6.65. The summed E-state index contributed by atoms with van der Waals surface area (Å²) in [7, 11) is -0.729. The molecule has 11 heteroatoms. The van der Waals surface area contributed by atoms with E-state index in [0.29, 0.717) is 43.9 Å². The Labute approximate surface area is 246 Å². The van der Waals surface area contributed by atoms with Crippen LogP contribution in [-0.2, 0) is 10.0 Å². The molecule has 2 heterocycles. The van der Waals surface area contributed by atoms with Crippen molar-refractivity contribution in [1.29, 1.82) is 0 Å². The molecule has 0 bridgehead atoms. The Morgan fingerprint density at radius 2 is 1.74 bits per heavy atom. The van der Waals surface area contributed by atoms with Crippen LogP contribution in [0, 0.1) is 5.82 Å². The third kappa shape index (κ3) is 4.68. The van der Waals surface area contributed by atoms with Crippen molar-refractivity contribution in [3.8, 4) is 28.1 Å². The topological polar surface area (TPSA) is 97.4 Å². The first-order chi connectivity index (χ1) is 20.1. The van der Waals surface area contributed by atoms with E-state index in [1.807, 2.05) is 41.0 Å². The van der Waals surface area contributed by atoms with Crippen molar-refractivity contribution in [3.05, 3.63) is 102 Å². The van der Waals surface area contributed by atoms with Gasteiger partial charge in [0, 0.05) is 36.7 Å². The van der Waals surface area contributed by atoms with Crippen LogP contribution in [0.2, 0.25) is 5.02 Å². The summed E-state index contributed by atoms with van der Waals surface area (Å²) >= 11 is 6.49. The number of para-hydroxylation sites is 1. The summed E-state index contributed by atoms with van der Waals surface area (Å²) in [4.78, 5) is 17.7. The minimum Gasteiger partial charge on any atom is -0.455 e. The van der Waals surface area contributed by atoms with Crippen molar-refractivity contribution in [1.82, 2.24) is 14.9 Å². The number of rotatable bonds is 6. The lowest BCUT2D eigenvalue weighted by atomic mass is 9.98. The quantitative estimate of drug-likeness (QED) is 0.230. The number of nitrogens with zero attached hydrogens (tertiary/aromatic N) is 3. The number of amides is 1. The largest absolute Gasteiger partial charge is 0.455 e. The molecule has 0 aliphatic heterocycles. The van der Waals surface area contributed by atoms with Gasteiger partial charge in [-0.25, -0.2) is 17.8 Å². The fraction of sp³-hybridized carbons (Fsp3) is 0.0968. The van der Waals surface area contributed by atoms with Crippen LogP contribution in [0.25, 0.3) is 50.1 Å². The minimum absolute atomic E-state index is 0.238. The van der Waals surface area contributed by atoms with Gasteiger partial charge in [0.05, 0.1) is 39.3 Å². The van der Waals surface area contributed by atoms with Crippen molar-refractivity contribution in [2.45, 2.75) is 0 Å². The minimum atomic E-state index is -3.69. The molecule has 1 amide bonds. The summed E-state index contributed by atoms with van der Waals surface area (Å²) in [6.07, 6.45) is 2.79. The van der Waals surface area contributed by atoms with Crippen LogP contribution in [0.4, 0.5) is 10.1 Å². The van der Waals surface area contributed by atoms with Gasteiger partial charge in [0.25, 0.3) is 5.91 Å². The second-order valence-corrected chi connectivity index (χ2v) is 12.2. The molecule has 0 unspecified atom stereocenters. The van der Waals surface area contributed by atoms with Gasteiger partial charge >= 0.3 is 0 Å². The predicted molar refractivity (Wildman–Crippen MR) is 163 cm³/mol. The zero-order valence-electron chi connectivity index (χ0n) is 22.7. The van der Waals surface area contributed by atoms with Crippen molar-refractivity contribution in [2.24, 2.45) is 0 Å². The molecule has 0 saturated carbocycles. The number of fused-ring (bicyclic) bond motifs is 2. The third-order valence-corrected chi connectivity index (χ3v) is 8.69. The van der Waals surface area contributed by atoms with Gasteiger partial charge in [-0.1, -0.05) is 29.8 Å². The van der Waals surface area contributed by atoms with Crippen LogP contribution in [0.3, 0.4) is 0 Å². The molecule has 0 aliphatic carbocycles. The lowest BCUT2D eigenvalue weighted by Gasteiger charge is -2.21. The zero-order valence-corrected chi connectivity index (χ0v) is 24.3. The van der Waals surface area contributed by atoms with E-state index < -0.39 is 21.7 Å². The van der Waals surface area contributed by atoms with Gasteiger partial charge in [0.15, 0.2) is 0 Å². The number of hydrogen-bond acceptors (Lipinski definition) is 5. The molecule has 0 saturated heterocycles. The van der Waals surface area contributed by atoms with E-state index in [1.165, 1.54) is 38.4 Å². The standard InChI is InChI=1S/C31H24ClFN4O4S/c1-34-31(38)29-22-15-21(19-10-13-24-27(14-19)37(17-35-24)25-7-5-4-6-23(25)32)26(36(2)42(3,39)40)16-28(22)41-30(29)18-8-11-20(33)12-9-18/h4-17H,1-3H3,(H,34,38). The Bertz CT molecular complexity index is 2120. The summed E-state index contributed by atoms with van der Waals surface area (Å²) in [5, 5.41) is 3.66. The first-order valence-corrected chi connectivity index (χ1v) is 15.0. The van der Waals surface area contributed by atoms with E-state index in [9.17, 15) is 17.6 Å². The average molecular weight is 603 g/mol. The van der Waals surface area contributed by atoms with Gasteiger partial charge in [0.1, 0.15) is 23.5 Å². The first kappa shape index (κ1) is 27.5. The molecule has 0 atom stereocenters. The fourth-order valence-corrected chi connectivity index (χ4v) is 5.71. The molecular weight excluding hydrogens is 579 g/mol. The van der Waals surface area contributed by atoms with Gasteiger partial charge in [-0.2, -0.15) is 0 Å². The highest BCUT2D eigenvalue weighted by Crippen LogP contribution is 2.42. The lowest BCUT2D eigenvalue weighted by molar-refractivity contribution is 0.0964. The molecular formula is C31H24ClFN4O4S. The monoisotopic (exact) mass is 602 g/mol. The molecule has 0 radical (unpaired) electrons. The van der Waals surface area contributed by atoms with Crippen LogP contribution in [0.5, 0.6) is 0 Å². The first-order valence-electron chi connectivity index (χ1n) is 12.8. The van der Waals surface area contributed by atoms with Crippen molar-refractivity contribution in [2.75, 3.05) is 24.7 Å². The second-order valence-electron chi connectivity index (χ2n) is 9.76. The molecule has 0 aliphatic rings. The highest BCUT2D eigenvalue weighted by molar-refractivity contribution is 7.92. The van der Waals surface area contributed by atoms with Crippen LogP contribution in [-0.4, -0.2) is 44.2 Å². The van der Waals surface area contributed by atoms with Gasteiger partial charge in [0.2, 0.25) is 10.0 Å². The highest BCUT2D eigenvalue weighted by Gasteiger charge is 2.26. The summed E-state index contributed by atoms with van der Waals surface area (Å²) in [6.45, 7) is 0. The molecule has 0 fully saturated rings. The molecule has 8 nitrogen and oxygen atoms in total. The number of sulfonamides is 1. The maximum Gasteiger partial charge on any atom is 0.255 e. The summed E-state index contributed by atoms with van der Waals surface area (Å²) in [5.41, 5.74) is 4.80. The number of imidazole rings is 1. The van der Waals surface area contributed by atoms with Crippen molar-refractivity contribution >= 4 is 55.2 Å². The Hall–Kier alpha value is -4.67. The summed E-state index contributed by atoms with van der Waals surface area (Å²) < 4.78 is 48.4. The van der Waals surface area contributed by atoms with E-state index in [2.05, 4.69) is 10.3 Å². The number of carbonyl (C=O) groups excluding carboxylic acids is 1. The molecule has 2 aromatic heterocycles. The molecule has 6 rings (SSSR count). The van der Waals surface area contributed by atoms with E-state index in [4.69, 9.17) is 16.0 Å². The Kier molecular flexibility index (Phi) is 6.75. The molecule has 212 valence electrons. The second kappa shape index (κ2) is 10.3. The number of benzene rings is 4. The normalized spacial score (nSPS) is 11.7. The lowest BCUT2D eigenvalue weighted by Crippen LogP contribution is -2.25. The number of nitrogens with one attached hydrogen (secondary N) is 1. The molecule has 42 heavy (non-hydrogen) atoms. The van der Waals surface area contributed by atoms with Crippen LogP contribution in [0.1, 0.15) is 10.4 Å². The number of anilines is 1. The average Bonchev–Trinajstić information content (AvgIpc) is 3.57. The maximum absolute atomic E-state index is 13.7. The fourth-order valence-electron chi connectivity index (χ4n) is 4.97. The van der Waals surface area contributed by atoms with Gasteiger partial charge in [-0.15, -0.1) is 0 Å². The van der Waals surface area contributed by atoms with Gasteiger partial charge in [-0.05, 0) is 60.2 Å². The molecule has 6 aromatic rings. The third-order valence-electron chi connectivity index (χ3n) is 7.17. The van der Waals surface area contributed by atoms with Gasteiger partial charge < -0.3 is 9.73 Å². The van der Waals surface area contributed by atoms with E-state index in [-0.39, 0.29) is 11.3 Å². The number of furan rings is 1. The Morgan fingerprint density at radius 1 is 1.02 bits per heavy atom. The Balaban J connectivity index is 1.65. The van der Waals surface area contributed by atoms with Crippen LogP contribution < -0.4 is 9.62 Å². The SMILES string of the molecule is CNC(=O)c1c(-c2ccc(F)cc2)oc2cc(N(C)S(C)(=O)=O)c(-c3ccc4ncn(-c5ccccc5Cl)c4c3)cc12. The number of carbonyl (C=O) groups is 1. The molecule has 4 aromatic carbocycles. The Morgan fingerprint density at radius 3 is 2.43 bits per heavy atom. The van der Waals surface area contributed by atoms with E-state index >= 15 is 0 Å². The maximum atomic E-state index is 13.7. The molecule has 0 spiro atoms. The van der Waals surface area contributed by atoms with Crippen molar-refractivity contribution in [3.63, 3.8) is 0 Å². The van der Waals surface area contributed by atoms with Crippen molar-refractivity contribution < 1.29 is 22.0 Å². The van der Waals surface area contributed by atoms with E-state index in [0.717, 1.165) is 21.8 Å². The zero-order chi connectivity index (χ0) is 29.8. The highest BCUT2D eigenvalue weighted by atomic mass is 35.5. The summed E-state index contributed by atoms with van der Waals surface area (Å²) in [5.74, 6) is -0.598. The number of aromatic nitrogens is 2. The summed E-state index contributed by atoms with van der Waals surface area (Å²) in [6, 6.07) is 21.9. The van der Waals surface area contributed by atoms with E-state index in [1.54, 1.807) is 24.5 Å². The van der Waals surface area contributed by atoms with Crippen LogP contribution in [0.15, 0.2) is 89.6 Å². The van der Waals surface area contributed by atoms with Gasteiger partial charge in [-0.3, -0.25) is 13.7 Å².